The molecule has 0 amide bonds. The fourth-order valence-electron chi connectivity index (χ4n) is 14.7. The fourth-order valence-corrected chi connectivity index (χ4v) is 20.4. The Morgan fingerprint density at radius 2 is 0.495 bits per heavy atom. The summed E-state index contributed by atoms with van der Waals surface area (Å²) < 4.78 is 36.6. The van der Waals surface area contributed by atoms with Gasteiger partial charge >= 0.3 is 7.69 Å². The predicted molar refractivity (Wildman–Crippen MR) is 451 cm³/mol. The minimum absolute atomic E-state index is 0. The molecule has 0 atom stereocenters. The van der Waals surface area contributed by atoms with E-state index in [9.17, 15) is 0 Å². The van der Waals surface area contributed by atoms with Crippen LogP contribution in [0.4, 0.5) is 0 Å². The summed E-state index contributed by atoms with van der Waals surface area (Å²) in [6, 6.07) is 105. The summed E-state index contributed by atoms with van der Waals surface area (Å²) in [6.07, 6.45) is 0. The topological polar surface area (TPSA) is 68.9 Å². The van der Waals surface area contributed by atoms with E-state index in [4.69, 9.17) is 22.9 Å². The van der Waals surface area contributed by atoms with E-state index in [-0.39, 0.29) is 7.43 Å². The lowest BCUT2D eigenvalue weighted by atomic mass is 9.98. The van der Waals surface area contributed by atoms with Crippen LogP contribution >= 0.6 is 77.2 Å². The van der Waals surface area contributed by atoms with E-state index in [1.807, 2.05) is 81.7 Å². The lowest BCUT2D eigenvalue weighted by Crippen LogP contribution is -1.98. The molecule has 489 valence electrons. The van der Waals surface area contributed by atoms with Gasteiger partial charge in [0, 0.05) is 103 Å². The SMILES string of the molecule is Brc1ccc2sc3c(ccc4c5cc(Br)ccc5sc43)c2c1.C.O[B]Oc1ccc2oc3ccc(-c4ccccc4)cc3c2c1.c1ccc(-c2ccc3oc4ccc(-c5ccc6sc7c(ccc8c9cc(-c%10ccc%11oc%12ccc(-c%13ccccc%13)cc%12c%11c%10)ccc9sc87)c6c5)cc4c3c2)cc1. The smallest absolute Gasteiger partial charge is 0.537 e. The molecule has 0 spiro atoms. The number of halogens is 2. The van der Waals surface area contributed by atoms with Gasteiger partial charge in [0.1, 0.15) is 39.2 Å². The van der Waals surface area contributed by atoms with E-state index in [1.165, 1.54) is 125 Å². The normalized spacial score (nSPS) is 11.8. The van der Waals surface area contributed by atoms with Gasteiger partial charge in [-0.1, -0.05) is 197 Å². The van der Waals surface area contributed by atoms with Gasteiger partial charge in [-0.2, -0.15) is 0 Å². The summed E-state index contributed by atoms with van der Waals surface area (Å²) >= 11 is 14.8. The molecule has 5 nitrogen and oxygen atoms in total. The number of furan rings is 3. The Balaban J connectivity index is 0.000000132. The number of fused-ring (bicyclic) bond motifs is 23. The molecule has 103 heavy (non-hydrogen) atoms. The molecule has 15 aromatic carbocycles. The molecule has 1 radical (unpaired) electrons. The Kier molecular flexibility index (Phi) is 15.8. The first kappa shape index (κ1) is 63.3. The number of benzene rings is 15. The Morgan fingerprint density at radius 3 is 0.806 bits per heavy atom. The van der Waals surface area contributed by atoms with Crippen molar-refractivity contribution in [3.63, 3.8) is 0 Å². The predicted octanol–water partition coefficient (Wildman–Crippen LogP) is 29.6. The third kappa shape index (κ3) is 11.1. The third-order valence-corrected chi connectivity index (χ3v) is 25.7. The molecule has 0 aliphatic rings. The number of hydrogen-bond acceptors (Lipinski definition) is 9. The van der Waals surface area contributed by atoms with Crippen molar-refractivity contribution in [3.05, 3.63) is 306 Å². The monoisotopic (exact) mass is 1520 g/mol. The van der Waals surface area contributed by atoms with Gasteiger partial charge in [-0.05, 0) is 195 Å². The van der Waals surface area contributed by atoms with Crippen molar-refractivity contribution >= 4 is 231 Å². The molecule has 0 aliphatic heterocycles. The quantitative estimate of drug-likeness (QED) is 0.161. The maximum Gasteiger partial charge on any atom is 0.569 e. The Labute approximate surface area is 623 Å². The average Bonchev–Trinajstić information content (AvgIpc) is 1.60. The van der Waals surface area contributed by atoms with Gasteiger partial charge < -0.3 is 22.9 Å². The van der Waals surface area contributed by atoms with Crippen LogP contribution in [0.2, 0.25) is 0 Å². The Bertz CT molecular complexity index is 6780. The summed E-state index contributed by atoms with van der Waals surface area (Å²) in [7, 11) is 0.679. The first-order valence-electron chi connectivity index (χ1n) is 33.4. The molecular weight excluding hydrogens is 1470 g/mol. The second-order valence-corrected chi connectivity index (χ2v) is 31.6. The fraction of sp³-hybridized carbons (Fsp3) is 0.0110. The first-order valence-corrected chi connectivity index (χ1v) is 38.2. The van der Waals surface area contributed by atoms with E-state index < -0.39 is 0 Å². The Morgan fingerprint density at radius 1 is 0.243 bits per heavy atom. The molecule has 22 aromatic rings. The lowest BCUT2D eigenvalue weighted by molar-refractivity contribution is 0.454. The second kappa shape index (κ2) is 25.7. The molecular formula is C91H54BBr2O5S4. The maximum atomic E-state index is 8.78. The van der Waals surface area contributed by atoms with E-state index in [0.29, 0.717) is 13.4 Å². The molecule has 0 aliphatic carbocycles. The summed E-state index contributed by atoms with van der Waals surface area (Å²) in [5.41, 5.74) is 17.2. The second-order valence-electron chi connectivity index (χ2n) is 25.6. The largest absolute Gasteiger partial charge is 0.569 e. The van der Waals surface area contributed by atoms with Gasteiger partial charge in [0.2, 0.25) is 0 Å². The van der Waals surface area contributed by atoms with Gasteiger partial charge in [-0.3, -0.25) is 0 Å². The Hall–Kier alpha value is -10.6. The zero-order valence-electron chi connectivity index (χ0n) is 53.8. The first-order chi connectivity index (χ1) is 50.2. The van der Waals surface area contributed by atoms with Crippen LogP contribution < -0.4 is 4.65 Å². The maximum absolute atomic E-state index is 8.78. The van der Waals surface area contributed by atoms with E-state index in [2.05, 4.69) is 287 Å². The summed E-state index contributed by atoms with van der Waals surface area (Å²) in [5, 5.41) is 26.0. The minimum atomic E-state index is 0. The molecule has 0 bridgehead atoms. The highest BCUT2D eigenvalue weighted by Gasteiger charge is 2.20. The molecule has 12 heteroatoms. The van der Waals surface area contributed by atoms with E-state index >= 15 is 0 Å². The zero-order chi connectivity index (χ0) is 67.7. The molecule has 0 saturated heterocycles. The van der Waals surface area contributed by atoms with E-state index in [0.717, 1.165) is 85.9 Å². The van der Waals surface area contributed by atoms with Gasteiger partial charge in [0.05, 0.1) is 18.8 Å². The highest BCUT2D eigenvalue weighted by molar-refractivity contribution is 9.10. The van der Waals surface area contributed by atoms with Gasteiger partial charge in [-0.25, -0.2) is 0 Å². The van der Waals surface area contributed by atoms with Crippen molar-refractivity contribution in [2.75, 3.05) is 0 Å². The van der Waals surface area contributed by atoms with Crippen LogP contribution in [0.5, 0.6) is 5.75 Å². The van der Waals surface area contributed by atoms with Crippen LogP contribution in [-0.2, 0) is 0 Å². The summed E-state index contributed by atoms with van der Waals surface area (Å²) in [5.74, 6) is 0.572. The molecule has 7 heterocycles. The molecule has 7 aromatic heterocycles. The summed E-state index contributed by atoms with van der Waals surface area (Å²) in [4.78, 5) is 0. The van der Waals surface area contributed by atoms with Crippen LogP contribution in [0.15, 0.2) is 319 Å². The number of rotatable bonds is 7. The van der Waals surface area contributed by atoms with Crippen molar-refractivity contribution in [1.29, 1.82) is 0 Å². The molecule has 22 rings (SSSR count). The highest BCUT2D eigenvalue weighted by Crippen LogP contribution is 2.49. The van der Waals surface area contributed by atoms with Crippen molar-refractivity contribution in [2.24, 2.45) is 0 Å². The van der Waals surface area contributed by atoms with Gasteiger partial charge in [-0.15, -0.1) is 45.3 Å². The number of hydrogen-bond donors (Lipinski definition) is 1. The van der Waals surface area contributed by atoms with Crippen molar-refractivity contribution in [3.8, 4) is 61.4 Å². The average molecular weight is 1530 g/mol. The number of thiophene rings is 4. The van der Waals surface area contributed by atoms with Crippen molar-refractivity contribution < 1.29 is 22.9 Å². The van der Waals surface area contributed by atoms with Crippen LogP contribution in [0.1, 0.15) is 7.43 Å². The van der Waals surface area contributed by atoms with Gasteiger partial charge in [0.25, 0.3) is 0 Å². The van der Waals surface area contributed by atoms with Crippen molar-refractivity contribution in [2.45, 2.75) is 7.43 Å². The molecule has 0 unspecified atom stereocenters. The summed E-state index contributed by atoms with van der Waals surface area (Å²) in [6.45, 7) is 0. The van der Waals surface area contributed by atoms with Crippen LogP contribution in [0.3, 0.4) is 0 Å². The molecule has 0 saturated carbocycles. The van der Waals surface area contributed by atoms with Gasteiger partial charge in [0.15, 0.2) is 0 Å². The van der Waals surface area contributed by atoms with E-state index in [1.54, 1.807) is 6.07 Å². The van der Waals surface area contributed by atoms with Crippen molar-refractivity contribution in [1.82, 2.24) is 0 Å². The lowest BCUT2D eigenvalue weighted by Gasteiger charge is -2.04. The standard InChI is InChI=1S/C54H30O2S2.C18H12BO3.C18H8Br2S2.CH4/c1-3-7-31(8-4-1)33-11-19-47-41(25-33)43-27-35(13-21-49(43)55-47)37-15-23-51-45(29-37)39-17-18-40-46-30-38(16-24-52(46)58-54(40)53(39)57-51)36-14-22-50-44(28-36)42-26-34(12-20-48(42)56-50)32-9-5-2-6-10-32;20-19-22-14-7-9-18-16(11-14)15-10-13(6-8-17(15)21-18)12-4-2-1-3-5-12;19-9-1-5-15-13(7-9)11-3-4-12-14-8-10(20)2-6-16(14)22-18(12)17(11)21-15;/h1-30H;1-11,20H;1-8H;1H4. The zero-order valence-corrected chi connectivity index (χ0v) is 60.3. The highest BCUT2D eigenvalue weighted by atomic mass is 79.9. The van der Waals surface area contributed by atoms with Crippen LogP contribution in [0.25, 0.3) is 202 Å². The molecule has 0 fully saturated rings. The minimum Gasteiger partial charge on any atom is -0.537 e. The van der Waals surface area contributed by atoms with Crippen LogP contribution in [0, 0.1) is 0 Å². The third-order valence-electron chi connectivity index (χ3n) is 19.6. The molecule has 1 N–H and O–H groups in total. The van der Waals surface area contributed by atoms with Crippen LogP contribution in [-0.4, -0.2) is 12.7 Å².